The van der Waals surface area contributed by atoms with Gasteiger partial charge in [-0.15, -0.1) is 0 Å². The standard InChI is InChI=1S/C14H24N4O2/c1-9(2)6-17(8-13(16)19)14(20)12-5-11(15)7-18(12)10(3)4/h5,7,9-10H,6,8,15H2,1-4H3,(H2,16,19). The molecule has 0 unspecified atom stereocenters. The Labute approximate surface area is 119 Å². The van der Waals surface area contributed by atoms with Crippen molar-refractivity contribution in [2.24, 2.45) is 11.7 Å². The van der Waals surface area contributed by atoms with Gasteiger partial charge in [-0.3, -0.25) is 9.59 Å². The summed E-state index contributed by atoms with van der Waals surface area (Å²) in [5, 5.41) is 0. The van der Waals surface area contributed by atoms with Crippen molar-refractivity contribution in [1.82, 2.24) is 9.47 Å². The Balaban J connectivity index is 3.08. The number of carbonyl (C=O) groups is 2. The van der Waals surface area contributed by atoms with Gasteiger partial charge in [0.05, 0.1) is 12.2 Å². The molecule has 1 aromatic heterocycles. The Bertz CT molecular complexity index is 491. The predicted octanol–water partition coefficient (Wildman–Crippen LogP) is 1.23. The molecule has 0 bridgehead atoms. The summed E-state index contributed by atoms with van der Waals surface area (Å²) in [7, 11) is 0. The molecule has 0 fully saturated rings. The molecule has 20 heavy (non-hydrogen) atoms. The molecule has 0 aliphatic rings. The Morgan fingerprint density at radius 3 is 2.35 bits per heavy atom. The normalized spacial score (nSPS) is 11.1. The minimum atomic E-state index is -0.519. The second kappa shape index (κ2) is 6.45. The highest BCUT2D eigenvalue weighted by molar-refractivity contribution is 5.96. The van der Waals surface area contributed by atoms with Crippen LogP contribution < -0.4 is 11.5 Å². The number of hydrogen-bond acceptors (Lipinski definition) is 3. The molecule has 2 amide bonds. The zero-order valence-electron chi connectivity index (χ0n) is 12.6. The Morgan fingerprint density at radius 2 is 1.90 bits per heavy atom. The number of hydrogen-bond donors (Lipinski definition) is 2. The van der Waals surface area contributed by atoms with Gasteiger partial charge in [0, 0.05) is 18.8 Å². The van der Waals surface area contributed by atoms with Gasteiger partial charge in [-0.2, -0.15) is 0 Å². The Hall–Kier alpha value is -1.98. The van der Waals surface area contributed by atoms with Crippen molar-refractivity contribution in [2.75, 3.05) is 18.8 Å². The van der Waals surface area contributed by atoms with E-state index in [0.717, 1.165) is 0 Å². The fourth-order valence-corrected chi connectivity index (χ4v) is 2.11. The lowest BCUT2D eigenvalue weighted by atomic mass is 10.2. The van der Waals surface area contributed by atoms with Crippen LogP contribution in [0.15, 0.2) is 12.3 Å². The highest BCUT2D eigenvalue weighted by atomic mass is 16.2. The van der Waals surface area contributed by atoms with E-state index in [0.29, 0.717) is 17.9 Å². The summed E-state index contributed by atoms with van der Waals surface area (Å²) in [6.07, 6.45) is 1.73. The lowest BCUT2D eigenvalue weighted by Gasteiger charge is -2.24. The summed E-state index contributed by atoms with van der Waals surface area (Å²) in [6.45, 7) is 8.30. The zero-order valence-corrected chi connectivity index (χ0v) is 12.6. The van der Waals surface area contributed by atoms with Crippen LogP contribution in [0.25, 0.3) is 0 Å². The van der Waals surface area contributed by atoms with Crippen LogP contribution in [0.2, 0.25) is 0 Å². The summed E-state index contributed by atoms with van der Waals surface area (Å²) < 4.78 is 1.81. The molecule has 112 valence electrons. The van der Waals surface area contributed by atoms with Gasteiger partial charge in [0.25, 0.3) is 5.91 Å². The molecule has 1 heterocycles. The third kappa shape index (κ3) is 4.01. The second-order valence-corrected chi connectivity index (χ2v) is 5.71. The number of nitrogen functional groups attached to an aromatic ring is 1. The van der Waals surface area contributed by atoms with Gasteiger partial charge in [0.1, 0.15) is 5.69 Å². The van der Waals surface area contributed by atoms with Gasteiger partial charge in [-0.05, 0) is 25.8 Å². The summed E-state index contributed by atoms with van der Waals surface area (Å²) >= 11 is 0. The summed E-state index contributed by atoms with van der Waals surface area (Å²) in [5.74, 6) is -0.490. The van der Waals surface area contributed by atoms with E-state index in [2.05, 4.69) is 0 Å². The van der Waals surface area contributed by atoms with Crippen LogP contribution in [-0.4, -0.2) is 34.4 Å². The molecule has 4 N–H and O–H groups in total. The van der Waals surface area contributed by atoms with Crippen molar-refractivity contribution in [3.05, 3.63) is 18.0 Å². The van der Waals surface area contributed by atoms with Crippen LogP contribution in [0, 0.1) is 5.92 Å². The fraction of sp³-hybridized carbons (Fsp3) is 0.571. The SMILES string of the molecule is CC(C)CN(CC(N)=O)C(=O)c1cc(N)cn1C(C)C. The van der Waals surface area contributed by atoms with E-state index in [9.17, 15) is 9.59 Å². The first kappa shape index (κ1) is 16.1. The topological polar surface area (TPSA) is 94.3 Å². The number of carbonyl (C=O) groups excluding carboxylic acids is 2. The van der Waals surface area contributed by atoms with Gasteiger partial charge >= 0.3 is 0 Å². The van der Waals surface area contributed by atoms with Gasteiger partial charge in [-0.25, -0.2) is 0 Å². The predicted molar refractivity (Wildman–Crippen MR) is 79.2 cm³/mol. The molecule has 0 atom stereocenters. The van der Waals surface area contributed by atoms with Gasteiger partial charge in [0.15, 0.2) is 0 Å². The molecule has 1 rings (SSSR count). The number of primary amides is 1. The maximum Gasteiger partial charge on any atom is 0.271 e. The average molecular weight is 280 g/mol. The molecule has 0 aromatic carbocycles. The summed E-state index contributed by atoms with van der Waals surface area (Å²) in [5.41, 5.74) is 12.0. The van der Waals surface area contributed by atoms with Crippen LogP contribution in [0.3, 0.4) is 0 Å². The molecule has 0 aliphatic carbocycles. The third-order valence-electron chi connectivity index (χ3n) is 2.86. The van der Waals surface area contributed by atoms with Crippen LogP contribution in [-0.2, 0) is 4.79 Å². The molecule has 0 radical (unpaired) electrons. The molecule has 0 spiro atoms. The molecule has 0 saturated carbocycles. The van der Waals surface area contributed by atoms with Crippen molar-refractivity contribution < 1.29 is 9.59 Å². The maximum absolute atomic E-state index is 12.6. The molecule has 0 aliphatic heterocycles. The van der Waals surface area contributed by atoms with Gasteiger partial charge in [-0.1, -0.05) is 13.8 Å². The molecular formula is C14H24N4O2. The monoisotopic (exact) mass is 280 g/mol. The fourth-order valence-electron chi connectivity index (χ4n) is 2.11. The minimum absolute atomic E-state index is 0.0831. The van der Waals surface area contributed by atoms with Crippen molar-refractivity contribution in [2.45, 2.75) is 33.7 Å². The van der Waals surface area contributed by atoms with Crippen LogP contribution in [0.5, 0.6) is 0 Å². The zero-order chi connectivity index (χ0) is 15.4. The van der Waals surface area contributed by atoms with E-state index in [-0.39, 0.29) is 24.4 Å². The number of amides is 2. The lowest BCUT2D eigenvalue weighted by Crippen LogP contribution is -2.41. The number of nitrogens with two attached hydrogens (primary N) is 2. The van der Waals surface area contributed by atoms with Gasteiger partial charge in [0.2, 0.25) is 5.91 Å². The lowest BCUT2D eigenvalue weighted by molar-refractivity contribution is -0.118. The van der Waals surface area contributed by atoms with E-state index in [1.54, 1.807) is 12.3 Å². The maximum atomic E-state index is 12.6. The Morgan fingerprint density at radius 1 is 1.30 bits per heavy atom. The summed E-state index contributed by atoms with van der Waals surface area (Å²) in [4.78, 5) is 25.2. The largest absolute Gasteiger partial charge is 0.397 e. The molecular weight excluding hydrogens is 256 g/mol. The first-order valence-corrected chi connectivity index (χ1v) is 6.77. The first-order valence-electron chi connectivity index (χ1n) is 6.77. The van der Waals surface area contributed by atoms with Crippen molar-refractivity contribution in [3.8, 4) is 0 Å². The molecule has 0 saturated heterocycles. The number of rotatable bonds is 6. The van der Waals surface area contributed by atoms with E-state index in [4.69, 9.17) is 11.5 Å². The molecule has 6 nitrogen and oxygen atoms in total. The minimum Gasteiger partial charge on any atom is -0.397 e. The number of nitrogens with zero attached hydrogens (tertiary/aromatic N) is 2. The van der Waals surface area contributed by atoms with E-state index >= 15 is 0 Å². The highest BCUT2D eigenvalue weighted by Crippen LogP contribution is 2.18. The van der Waals surface area contributed by atoms with Crippen LogP contribution >= 0.6 is 0 Å². The quantitative estimate of drug-likeness (QED) is 0.820. The van der Waals surface area contributed by atoms with Crippen molar-refractivity contribution in [1.29, 1.82) is 0 Å². The first-order chi connectivity index (χ1) is 9.22. The summed E-state index contributed by atoms with van der Waals surface area (Å²) in [6, 6.07) is 1.75. The van der Waals surface area contributed by atoms with Crippen molar-refractivity contribution in [3.63, 3.8) is 0 Å². The third-order valence-corrected chi connectivity index (χ3v) is 2.86. The second-order valence-electron chi connectivity index (χ2n) is 5.71. The van der Waals surface area contributed by atoms with E-state index < -0.39 is 5.91 Å². The van der Waals surface area contributed by atoms with E-state index in [1.165, 1.54) is 4.90 Å². The number of anilines is 1. The van der Waals surface area contributed by atoms with E-state index in [1.807, 2.05) is 32.3 Å². The highest BCUT2D eigenvalue weighted by Gasteiger charge is 2.23. The van der Waals surface area contributed by atoms with Crippen molar-refractivity contribution >= 4 is 17.5 Å². The van der Waals surface area contributed by atoms with Gasteiger partial charge < -0.3 is 20.9 Å². The number of aromatic nitrogens is 1. The molecule has 6 heteroatoms. The van der Waals surface area contributed by atoms with Crippen LogP contribution in [0.4, 0.5) is 5.69 Å². The molecule has 1 aromatic rings. The average Bonchev–Trinajstić information content (AvgIpc) is 2.68. The Kier molecular flexibility index (Phi) is 5.19. The van der Waals surface area contributed by atoms with Crippen LogP contribution in [0.1, 0.15) is 44.2 Å². The smallest absolute Gasteiger partial charge is 0.271 e.